The van der Waals surface area contributed by atoms with Crippen LogP contribution in [0, 0.1) is 0 Å². The molecular formula is C22H24N6O. The molecule has 0 saturated heterocycles. The van der Waals surface area contributed by atoms with E-state index in [4.69, 9.17) is 5.73 Å². The van der Waals surface area contributed by atoms with E-state index in [1.165, 1.54) is 0 Å². The highest BCUT2D eigenvalue weighted by molar-refractivity contribution is 5.82. The number of nitrogens with zero attached hydrogens (tertiary/aromatic N) is 5. The zero-order valence-corrected chi connectivity index (χ0v) is 16.2. The Labute approximate surface area is 169 Å². The molecular weight excluding hydrogens is 364 g/mol. The van der Waals surface area contributed by atoms with Gasteiger partial charge in [-0.1, -0.05) is 12.5 Å². The first-order valence-electron chi connectivity index (χ1n) is 10.0. The Kier molecular flexibility index (Phi) is 5.84. The standard InChI is InChI=1S/C22H24N6O/c23-22-10-9-21(27-28-22)16-5-3-4-15(12-16)20-8-7-18(25-26-20)14-19(29)13-17-6-1-2-11-24-17/h1-2,6-11,15-16H,3-5,12-14H2,(H2,23,28)/t15-,16-/m1/s1. The van der Waals surface area contributed by atoms with Crippen LogP contribution in [-0.4, -0.2) is 31.2 Å². The molecule has 3 heterocycles. The number of carbonyl (C=O) groups excluding carboxylic acids is 1. The van der Waals surface area contributed by atoms with Crippen LogP contribution in [0.3, 0.4) is 0 Å². The fourth-order valence-corrected chi connectivity index (χ4v) is 3.95. The number of rotatable bonds is 6. The molecule has 1 saturated carbocycles. The Morgan fingerprint density at radius 3 is 2.21 bits per heavy atom. The molecule has 3 aromatic rings. The Hall–Kier alpha value is -3.22. The van der Waals surface area contributed by atoms with Gasteiger partial charge in [0.25, 0.3) is 0 Å². The second-order valence-electron chi connectivity index (χ2n) is 7.61. The Balaban J connectivity index is 1.37. The smallest absolute Gasteiger partial charge is 0.146 e. The molecule has 0 radical (unpaired) electrons. The van der Waals surface area contributed by atoms with Gasteiger partial charge in [-0.15, -0.1) is 5.10 Å². The molecule has 0 aromatic carbocycles. The van der Waals surface area contributed by atoms with Crippen LogP contribution >= 0.6 is 0 Å². The summed E-state index contributed by atoms with van der Waals surface area (Å²) >= 11 is 0. The van der Waals surface area contributed by atoms with Crippen LogP contribution in [0.1, 0.15) is 60.3 Å². The van der Waals surface area contributed by atoms with Crippen molar-refractivity contribution in [1.29, 1.82) is 0 Å². The van der Waals surface area contributed by atoms with Crippen LogP contribution in [-0.2, 0) is 17.6 Å². The van der Waals surface area contributed by atoms with E-state index in [1.54, 1.807) is 6.20 Å². The van der Waals surface area contributed by atoms with E-state index in [2.05, 4.69) is 25.4 Å². The van der Waals surface area contributed by atoms with Crippen molar-refractivity contribution in [2.45, 2.75) is 50.4 Å². The van der Waals surface area contributed by atoms with Crippen LogP contribution in [0.2, 0.25) is 0 Å². The fourth-order valence-electron chi connectivity index (χ4n) is 3.95. The number of aromatic nitrogens is 5. The molecule has 3 aromatic heterocycles. The van der Waals surface area contributed by atoms with Gasteiger partial charge in [0, 0.05) is 30.1 Å². The lowest BCUT2D eigenvalue weighted by Gasteiger charge is -2.28. The number of ketones is 1. The zero-order chi connectivity index (χ0) is 20.1. The van der Waals surface area contributed by atoms with Crippen molar-refractivity contribution in [3.05, 3.63) is 71.4 Å². The number of Topliss-reactive ketones (excluding diaryl/α,β-unsaturated/α-hetero) is 1. The van der Waals surface area contributed by atoms with Gasteiger partial charge in [0.2, 0.25) is 0 Å². The first-order valence-corrected chi connectivity index (χ1v) is 10.0. The maximum Gasteiger partial charge on any atom is 0.146 e. The van der Waals surface area contributed by atoms with Gasteiger partial charge in [-0.05, 0) is 55.7 Å². The first-order chi connectivity index (χ1) is 14.2. The van der Waals surface area contributed by atoms with Gasteiger partial charge in [0.15, 0.2) is 0 Å². The van der Waals surface area contributed by atoms with E-state index >= 15 is 0 Å². The summed E-state index contributed by atoms with van der Waals surface area (Å²) < 4.78 is 0. The Morgan fingerprint density at radius 2 is 1.59 bits per heavy atom. The molecule has 148 valence electrons. The predicted octanol–water partition coefficient (Wildman–Crippen LogP) is 3.04. The third-order valence-electron chi connectivity index (χ3n) is 5.44. The van der Waals surface area contributed by atoms with Gasteiger partial charge < -0.3 is 5.73 Å². The summed E-state index contributed by atoms with van der Waals surface area (Å²) in [6.45, 7) is 0. The summed E-state index contributed by atoms with van der Waals surface area (Å²) in [5.74, 6) is 1.24. The summed E-state index contributed by atoms with van der Waals surface area (Å²) in [6, 6.07) is 13.3. The highest BCUT2D eigenvalue weighted by Crippen LogP contribution is 2.39. The average molecular weight is 388 g/mol. The van der Waals surface area contributed by atoms with Crippen LogP contribution in [0.25, 0.3) is 0 Å². The molecule has 7 nitrogen and oxygen atoms in total. The third kappa shape index (κ3) is 4.99. The van der Waals surface area contributed by atoms with E-state index < -0.39 is 0 Å². The van der Waals surface area contributed by atoms with Gasteiger partial charge >= 0.3 is 0 Å². The van der Waals surface area contributed by atoms with Gasteiger partial charge in [0.1, 0.15) is 11.6 Å². The largest absolute Gasteiger partial charge is 0.382 e. The van der Waals surface area contributed by atoms with Crippen molar-refractivity contribution in [2.24, 2.45) is 0 Å². The molecule has 1 aliphatic carbocycles. The van der Waals surface area contributed by atoms with E-state index in [9.17, 15) is 4.79 Å². The lowest BCUT2D eigenvalue weighted by Crippen LogP contribution is -2.16. The number of hydrogen-bond donors (Lipinski definition) is 1. The third-order valence-corrected chi connectivity index (χ3v) is 5.44. The lowest BCUT2D eigenvalue weighted by atomic mass is 9.78. The van der Waals surface area contributed by atoms with E-state index in [1.807, 2.05) is 42.5 Å². The van der Waals surface area contributed by atoms with Gasteiger partial charge in [-0.3, -0.25) is 9.78 Å². The monoisotopic (exact) mass is 388 g/mol. The fraction of sp³-hybridized carbons (Fsp3) is 0.364. The number of hydrogen-bond acceptors (Lipinski definition) is 7. The summed E-state index contributed by atoms with van der Waals surface area (Å²) in [5.41, 5.74) is 9.11. The minimum Gasteiger partial charge on any atom is -0.382 e. The Morgan fingerprint density at radius 1 is 0.862 bits per heavy atom. The topological polar surface area (TPSA) is 108 Å². The number of nitrogens with two attached hydrogens (primary N) is 1. The van der Waals surface area contributed by atoms with E-state index in [0.717, 1.165) is 42.8 Å². The quantitative estimate of drug-likeness (QED) is 0.691. The molecule has 4 rings (SSSR count). The molecule has 1 aliphatic rings. The molecule has 0 unspecified atom stereocenters. The summed E-state index contributed by atoms with van der Waals surface area (Å²) in [6.07, 6.45) is 6.58. The molecule has 0 aliphatic heterocycles. The van der Waals surface area contributed by atoms with Crippen molar-refractivity contribution < 1.29 is 4.79 Å². The van der Waals surface area contributed by atoms with Crippen LogP contribution in [0.4, 0.5) is 5.82 Å². The molecule has 29 heavy (non-hydrogen) atoms. The first kappa shape index (κ1) is 19.1. The minimum absolute atomic E-state index is 0.0883. The molecule has 0 amide bonds. The van der Waals surface area contributed by atoms with Gasteiger partial charge in [-0.2, -0.15) is 15.3 Å². The van der Waals surface area contributed by atoms with Crippen molar-refractivity contribution in [3.8, 4) is 0 Å². The van der Waals surface area contributed by atoms with E-state index in [0.29, 0.717) is 29.8 Å². The molecule has 7 heteroatoms. The van der Waals surface area contributed by atoms with Crippen LogP contribution in [0.5, 0.6) is 0 Å². The highest BCUT2D eigenvalue weighted by Gasteiger charge is 2.26. The molecule has 1 fully saturated rings. The van der Waals surface area contributed by atoms with Gasteiger partial charge in [-0.25, -0.2) is 0 Å². The summed E-state index contributed by atoms with van der Waals surface area (Å²) in [7, 11) is 0. The maximum atomic E-state index is 12.3. The molecule has 2 atom stereocenters. The summed E-state index contributed by atoms with van der Waals surface area (Å²) in [5, 5.41) is 17.0. The SMILES string of the molecule is Nc1ccc([C@@H]2CCC[C@@H](c3ccc(CC(=O)Cc4ccccn4)nn3)C2)nn1. The van der Waals surface area contributed by atoms with Gasteiger partial charge in [0.05, 0.1) is 23.5 Å². The molecule has 0 bridgehead atoms. The predicted molar refractivity (Wildman–Crippen MR) is 109 cm³/mol. The number of nitrogen functional groups attached to an aromatic ring is 1. The number of pyridine rings is 1. The average Bonchev–Trinajstić information content (AvgIpc) is 2.75. The van der Waals surface area contributed by atoms with Crippen molar-refractivity contribution in [3.63, 3.8) is 0 Å². The van der Waals surface area contributed by atoms with E-state index in [-0.39, 0.29) is 12.2 Å². The van der Waals surface area contributed by atoms with Crippen molar-refractivity contribution >= 4 is 11.6 Å². The number of carbonyl (C=O) groups is 1. The molecule has 0 spiro atoms. The van der Waals surface area contributed by atoms with Crippen molar-refractivity contribution in [2.75, 3.05) is 5.73 Å². The number of anilines is 1. The lowest BCUT2D eigenvalue weighted by molar-refractivity contribution is -0.117. The van der Waals surface area contributed by atoms with Crippen LogP contribution in [0.15, 0.2) is 48.7 Å². The zero-order valence-electron chi connectivity index (χ0n) is 16.2. The molecule has 2 N–H and O–H groups in total. The second-order valence-corrected chi connectivity index (χ2v) is 7.61. The van der Waals surface area contributed by atoms with Crippen LogP contribution < -0.4 is 5.73 Å². The summed E-state index contributed by atoms with van der Waals surface area (Å²) in [4.78, 5) is 16.5. The maximum absolute atomic E-state index is 12.3. The highest BCUT2D eigenvalue weighted by atomic mass is 16.1. The minimum atomic E-state index is 0.0883. The normalized spacial score (nSPS) is 19.0. The Bertz CT molecular complexity index is 943. The van der Waals surface area contributed by atoms with Crippen molar-refractivity contribution in [1.82, 2.24) is 25.4 Å². The second kappa shape index (κ2) is 8.86.